The molecule has 0 aliphatic heterocycles. The van der Waals surface area contributed by atoms with Gasteiger partial charge in [-0.2, -0.15) is 0 Å². The molecule has 0 heterocycles. The van der Waals surface area contributed by atoms with E-state index in [1.54, 1.807) is 42.7 Å². The topological polar surface area (TPSA) is 110 Å². The van der Waals surface area contributed by atoms with Crippen molar-refractivity contribution in [3.63, 3.8) is 0 Å². The Bertz CT molecular complexity index is 1230. The lowest BCUT2D eigenvalue weighted by Crippen LogP contribution is -2.26. The maximum absolute atomic E-state index is 13.0. The number of carbonyl (C=O) groups is 1. The number of nitrogens with one attached hydrogen (secondary N) is 1. The van der Waals surface area contributed by atoms with Gasteiger partial charge in [0.15, 0.2) is 0 Å². The van der Waals surface area contributed by atoms with E-state index >= 15 is 0 Å². The molecule has 0 bridgehead atoms. The number of nitro benzene ring substituents is 1. The van der Waals surface area contributed by atoms with Crippen LogP contribution < -0.4 is 9.62 Å². The molecule has 3 aromatic rings. The summed E-state index contributed by atoms with van der Waals surface area (Å²) in [6.07, 6.45) is 1.71. The van der Waals surface area contributed by atoms with Crippen molar-refractivity contribution in [2.75, 3.05) is 22.9 Å². The summed E-state index contributed by atoms with van der Waals surface area (Å²) in [5, 5.41) is 13.8. The molecule has 0 atom stereocenters. The number of anilines is 2. The van der Waals surface area contributed by atoms with E-state index in [0.717, 1.165) is 4.31 Å². The Kier molecular flexibility index (Phi) is 6.62. The summed E-state index contributed by atoms with van der Waals surface area (Å²) in [6, 6.07) is 18.6. The van der Waals surface area contributed by atoms with Crippen LogP contribution in [-0.2, 0) is 10.0 Å². The number of nitrogens with zero attached hydrogens (tertiary/aromatic N) is 2. The van der Waals surface area contributed by atoms with Gasteiger partial charge in [-0.25, -0.2) is 8.42 Å². The predicted octanol–water partition coefficient (Wildman–Crippen LogP) is 4.39. The van der Waals surface area contributed by atoms with E-state index in [4.69, 9.17) is 0 Å². The molecule has 3 aromatic carbocycles. The number of nitro groups is 1. The number of sulfonamides is 1. The zero-order valence-electron chi connectivity index (χ0n) is 16.7. The highest BCUT2D eigenvalue weighted by atomic mass is 32.2. The highest BCUT2D eigenvalue weighted by Crippen LogP contribution is 2.29. The van der Waals surface area contributed by atoms with Crippen LogP contribution in [0.4, 0.5) is 17.1 Å². The van der Waals surface area contributed by atoms with E-state index in [1.807, 2.05) is 0 Å². The largest absolute Gasteiger partial charge is 0.322 e. The second kappa shape index (κ2) is 9.19. The van der Waals surface area contributed by atoms with Gasteiger partial charge in [0, 0.05) is 24.4 Å². The zero-order chi connectivity index (χ0) is 22.6. The summed E-state index contributed by atoms with van der Waals surface area (Å²) in [5.41, 5.74) is 0.683. The predicted molar refractivity (Wildman–Crippen MR) is 121 cm³/mol. The first kappa shape index (κ1) is 22.3. The van der Waals surface area contributed by atoms with Crippen LogP contribution in [0.1, 0.15) is 10.4 Å². The number of hydrogen-bond acceptors (Lipinski definition) is 6. The van der Waals surface area contributed by atoms with Crippen molar-refractivity contribution in [3.05, 3.63) is 88.5 Å². The molecule has 0 saturated heterocycles. The molecule has 8 nitrogen and oxygen atoms in total. The van der Waals surface area contributed by atoms with E-state index in [9.17, 15) is 23.3 Å². The van der Waals surface area contributed by atoms with Crippen LogP contribution >= 0.6 is 11.8 Å². The minimum atomic E-state index is -3.85. The Morgan fingerprint density at radius 2 is 1.74 bits per heavy atom. The van der Waals surface area contributed by atoms with Crippen LogP contribution in [0.5, 0.6) is 0 Å². The smallest absolute Gasteiger partial charge is 0.283 e. The van der Waals surface area contributed by atoms with Crippen LogP contribution in [0.3, 0.4) is 0 Å². The van der Waals surface area contributed by atoms with Crippen LogP contribution in [-0.4, -0.2) is 32.6 Å². The lowest BCUT2D eigenvalue weighted by atomic mass is 10.2. The molecule has 10 heteroatoms. The van der Waals surface area contributed by atoms with Gasteiger partial charge in [-0.1, -0.05) is 24.3 Å². The molecule has 1 N–H and O–H groups in total. The van der Waals surface area contributed by atoms with Crippen molar-refractivity contribution in [2.24, 2.45) is 0 Å². The van der Waals surface area contributed by atoms with Crippen molar-refractivity contribution in [2.45, 2.75) is 9.79 Å². The summed E-state index contributed by atoms with van der Waals surface area (Å²) in [4.78, 5) is 23.7. The molecular formula is C21H19N3O5S2. The average Bonchev–Trinajstić information content (AvgIpc) is 2.78. The number of benzene rings is 3. The lowest BCUT2D eigenvalue weighted by Gasteiger charge is -2.19. The van der Waals surface area contributed by atoms with Gasteiger partial charge < -0.3 is 5.32 Å². The highest BCUT2D eigenvalue weighted by Gasteiger charge is 2.22. The summed E-state index contributed by atoms with van der Waals surface area (Å²) in [5.74, 6) is -0.582. The summed E-state index contributed by atoms with van der Waals surface area (Å²) in [7, 11) is -2.41. The van der Waals surface area contributed by atoms with E-state index in [-0.39, 0.29) is 21.8 Å². The van der Waals surface area contributed by atoms with E-state index in [2.05, 4.69) is 5.32 Å². The molecule has 0 aromatic heterocycles. The zero-order valence-corrected chi connectivity index (χ0v) is 18.3. The minimum Gasteiger partial charge on any atom is -0.322 e. The minimum absolute atomic E-state index is 0.000338. The van der Waals surface area contributed by atoms with Crippen molar-refractivity contribution >= 4 is 44.8 Å². The molecule has 160 valence electrons. The van der Waals surface area contributed by atoms with Gasteiger partial charge in [0.1, 0.15) is 0 Å². The van der Waals surface area contributed by atoms with Gasteiger partial charge >= 0.3 is 0 Å². The first-order chi connectivity index (χ1) is 14.7. The molecule has 1 amide bonds. The van der Waals surface area contributed by atoms with Crippen molar-refractivity contribution in [1.82, 2.24) is 0 Å². The van der Waals surface area contributed by atoms with Gasteiger partial charge in [-0.3, -0.25) is 19.2 Å². The van der Waals surface area contributed by atoms with Gasteiger partial charge in [0.25, 0.3) is 21.6 Å². The quantitative estimate of drug-likeness (QED) is 0.320. The molecule has 0 saturated carbocycles. The van der Waals surface area contributed by atoms with Crippen molar-refractivity contribution in [1.29, 1.82) is 0 Å². The molecule has 0 spiro atoms. The Balaban J connectivity index is 1.86. The third kappa shape index (κ3) is 4.86. The molecule has 0 aliphatic carbocycles. The highest BCUT2D eigenvalue weighted by molar-refractivity contribution is 7.98. The van der Waals surface area contributed by atoms with E-state index < -0.39 is 20.9 Å². The molecule has 3 rings (SSSR count). The third-order valence-electron chi connectivity index (χ3n) is 4.51. The average molecular weight is 458 g/mol. The van der Waals surface area contributed by atoms with E-state index in [1.165, 1.54) is 55.2 Å². The van der Waals surface area contributed by atoms with Gasteiger partial charge in [0.05, 0.1) is 20.4 Å². The van der Waals surface area contributed by atoms with Crippen LogP contribution in [0, 0.1) is 10.1 Å². The van der Waals surface area contributed by atoms with E-state index in [0.29, 0.717) is 10.6 Å². The third-order valence-corrected chi connectivity index (χ3v) is 7.07. The molecule has 0 aliphatic rings. The number of carbonyl (C=O) groups excluding carboxylic acids is 1. The standard InChI is InChI=1S/C21H19N3O5S2/c1-23(17-8-4-3-5-9-17)31(28,29)18-10-6-7-16(14-18)22-21(25)15-11-12-20(30-2)19(13-15)24(26)27/h3-14H,1-2H3,(H,22,25). The number of thioether (sulfide) groups is 1. The molecule has 31 heavy (non-hydrogen) atoms. The Hall–Kier alpha value is -3.37. The van der Waals surface area contributed by atoms with Crippen molar-refractivity contribution in [3.8, 4) is 0 Å². The maximum Gasteiger partial charge on any atom is 0.283 e. The first-order valence-corrected chi connectivity index (χ1v) is 11.7. The SMILES string of the molecule is CSc1ccc(C(=O)Nc2cccc(S(=O)(=O)N(C)c3ccccc3)c2)cc1[N+](=O)[O-]. The second-order valence-corrected chi connectivity index (χ2v) is 9.25. The molecule has 0 unspecified atom stereocenters. The Morgan fingerprint density at radius 1 is 1.03 bits per heavy atom. The van der Waals surface area contributed by atoms with Gasteiger partial charge in [0.2, 0.25) is 0 Å². The summed E-state index contributed by atoms with van der Waals surface area (Å²) >= 11 is 1.21. The number of para-hydroxylation sites is 1. The fraction of sp³-hybridized carbons (Fsp3) is 0.0952. The molecule has 0 fully saturated rings. The van der Waals surface area contributed by atoms with Crippen LogP contribution in [0.25, 0.3) is 0 Å². The number of amides is 1. The molecule has 0 radical (unpaired) electrons. The first-order valence-electron chi connectivity index (χ1n) is 9.02. The summed E-state index contributed by atoms with van der Waals surface area (Å²) < 4.78 is 27.1. The number of rotatable bonds is 7. The fourth-order valence-electron chi connectivity index (χ4n) is 2.85. The van der Waals surface area contributed by atoms with Gasteiger partial charge in [-0.15, -0.1) is 11.8 Å². The Morgan fingerprint density at radius 3 is 2.39 bits per heavy atom. The summed E-state index contributed by atoms with van der Waals surface area (Å²) in [6.45, 7) is 0. The number of hydrogen-bond donors (Lipinski definition) is 1. The molecular weight excluding hydrogens is 438 g/mol. The van der Waals surface area contributed by atoms with Crippen molar-refractivity contribution < 1.29 is 18.1 Å². The second-order valence-electron chi connectivity index (χ2n) is 6.43. The van der Waals surface area contributed by atoms with Crippen LogP contribution in [0.2, 0.25) is 0 Å². The van der Waals surface area contributed by atoms with Gasteiger partial charge in [-0.05, 0) is 48.7 Å². The fourth-order valence-corrected chi connectivity index (χ4v) is 4.63. The maximum atomic E-state index is 13.0. The Labute approximate surface area is 184 Å². The monoisotopic (exact) mass is 457 g/mol. The lowest BCUT2D eigenvalue weighted by molar-refractivity contribution is -0.387. The van der Waals surface area contributed by atoms with Crippen LogP contribution in [0.15, 0.2) is 82.6 Å². The normalized spacial score (nSPS) is 11.0.